The maximum Gasteiger partial charge on any atom is 0.243 e. The first-order valence-corrected chi connectivity index (χ1v) is 10.8. The molecule has 0 aliphatic rings. The molecular weight excluding hydrogens is 360 g/mol. The smallest absolute Gasteiger partial charge is 0.243 e. The fourth-order valence-electron chi connectivity index (χ4n) is 2.88. The van der Waals surface area contributed by atoms with Crippen molar-refractivity contribution in [3.05, 3.63) is 65.2 Å². The number of rotatable bonds is 7. The highest BCUT2D eigenvalue weighted by molar-refractivity contribution is 7.92. The number of anilines is 1. The lowest BCUT2D eigenvalue weighted by molar-refractivity contribution is -0.128. The summed E-state index contributed by atoms with van der Waals surface area (Å²) in [5.74, 6) is -0.106. The average molecular weight is 389 g/mol. The van der Waals surface area contributed by atoms with Crippen LogP contribution in [-0.2, 0) is 21.4 Å². The van der Waals surface area contributed by atoms with Crippen molar-refractivity contribution in [1.82, 2.24) is 4.90 Å². The maximum atomic E-state index is 12.7. The molecule has 0 aliphatic carbocycles. The largest absolute Gasteiger partial charge is 0.340 e. The van der Waals surface area contributed by atoms with E-state index in [4.69, 9.17) is 0 Å². The zero-order valence-electron chi connectivity index (χ0n) is 16.6. The molecule has 0 N–H and O–H groups in total. The highest BCUT2D eigenvalue weighted by Crippen LogP contribution is 2.29. The van der Waals surface area contributed by atoms with Crippen LogP contribution in [0.25, 0.3) is 0 Å². The van der Waals surface area contributed by atoms with Gasteiger partial charge in [0, 0.05) is 13.6 Å². The first-order chi connectivity index (χ1) is 12.6. The van der Waals surface area contributed by atoms with Gasteiger partial charge in [-0.3, -0.25) is 9.10 Å². The second kappa shape index (κ2) is 8.57. The van der Waals surface area contributed by atoms with Gasteiger partial charge in [0.25, 0.3) is 0 Å². The molecule has 5 nitrogen and oxygen atoms in total. The zero-order valence-corrected chi connectivity index (χ0v) is 17.5. The van der Waals surface area contributed by atoms with Crippen LogP contribution in [0.3, 0.4) is 0 Å². The SMILES string of the molecule is Cc1ccc(CN(C)C(=O)CN(c2ccccc2C(C)C)S(C)(=O)=O)cc1. The normalized spacial score (nSPS) is 11.5. The highest BCUT2D eigenvalue weighted by atomic mass is 32.2. The Morgan fingerprint density at radius 2 is 1.63 bits per heavy atom. The number of aryl methyl sites for hydroxylation is 1. The average Bonchev–Trinajstić information content (AvgIpc) is 2.60. The summed E-state index contributed by atoms with van der Waals surface area (Å²) in [6, 6.07) is 15.3. The summed E-state index contributed by atoms with van der Waals surface area (Å²) in [5.41, 5.74) is 3.62. The molecule has 6 heteroatoms. The Morgan fingerprint density at radius 1 is 1.04 bits per heavy atom. The van der Waals surface area contributed by atoms with Crippen LogP contribution >= 0.6 is 0 Å². The molecule has 2 aromatic carbocycles. The molecule has 0 bridgehead atoms. The van der Waals surface area contributed by atoms with E-state index in [-0.39, 0.29) is 18.4 Å². The molecule has 0 fully saturated rings. The molecule has 0 saturated heterocycles. The molecular formula is C21H28N2O3S. The van der Waals surface area contributed by atoms with Gasteiger partial charge in [-0.05, 0) is 30.0 Å². The monoisotopic (exact) mass is 388 g/mol. The summed E-state index contributed by atoms with van der Waals surface area (Å²) in [6.45, 7) is 6.23. The molecule has 0 radical (unpaired) electrons. The molecule has 0 atom stereocenters. The molecule has 0 saturated carbocycles. The van der Waals surface area contributed by atoms with Crippen LogP contribution in [0, 0.1) is 6.92 Å². The van der Waals surface area contributed by atoms with Crippen molar-refractivity contribution in [3.63, 3.8) is 0 Å². The van der Waals surface area contributed by atoms with Crippen LogP contribution in [0.15, 0.2) is 48.5 Å². The van der Waals surface area contributed by atoms with Gasteiger partial charge in [0.15, 0.2) is 0 Å². The van der Waals surface area contributed by atoms with E-state index in [1.165, 1.54) is 4.31 Å². The van der Waals surface area contributed by atoms with Gasteiger partial charge >= 0.3 is 0 Å². The lowest BCUT2D eigenvalue weighted by Gasteiger charge is -2.27. The van der Waals surface area contributed by atoms with Crippen LogP contribution in [0.5, 0.6) is 0 Å². The summed E-state index contributed by atoms with van der Waals surface area (Å²) < 4.78 is 26.0. The molecule has 0 heterocycles. The summed E-state index contributed by atoms with van der Waals surface area (Å²) in [4.78, 5) is 14.3. The standard InChI is InChI=1S/C21H28N2O3S/c1-16(2)19-8-6-7-9-20(19)23(27(5,25)26)15-21(24)22(4)14-18-12-10-17(3)11-13-18/h6-13,16H,14-15H2,1-5H3. The van der Waals surface area contributed by atoms with Gasteiger partial charge in [0.1, 0.15) is 6.54 Å². The number of hydrogen-bond donors (Lipinski definition) is 0. The first-order valence-electron chi connectivity index (χ1n) is 8.95. The van der Waals surface area contributed by atoms with E-state index in [0.717, 1.165) is 22.9 Å². The van der Waals surface area contributed by atoms with Crippen molar-refractivity contribution in [2.45, 2.75) is 33.2 Å². The third-order valence-electron chi connectivity index (χ3n) is 4.47. The van der Waals surface area contributed by atoms with Gasteiger partial charge in [0.2, 0.25) is 15.9 Å². The Labute approximate surface area is 162 Å². The lowest BCUT2D eigenvalue weighted by atomic mass is 10.0. The van der Waals surface area contributed by atoms with Crippen LogP contribution in [-0.4, -0.2) is 39.1 Å². The van der Waals surface area contributed by atoms with Gasteiger partial charge < -0.3 is 4.90 Å². The molecule has 0 aliphatic heterocycles. The second-order valence-corrected chi connectivity index (χ2v) is 9.13. The van der Waals surface area contributed by atoms with E-state index in [2.05, 4.69) is 0 Å². The van der Waals surface area contributed by atoms with E-state index in [9.17, 15) is 13.2 Å². The van der Waals surface area contributed by atoms with Crippen molar-refractivity contribution in [1.29, 1.82) is 0 Å². The number of nitrogens with zero attached hydrogens (tertiary/aromatic N) is 2. The molecule has 27 heavy (non-hydrogen) atoms. The van der Waals surface area contributed by atoms with Crippen LogP contribution in [0.2, 0.25) is 0 Å². The van der Waals surface area contributed by atoms with E-state index >= 15 is 0 Å². The molecule has 2 aromatic rings. The summed E-state index contributed by atoms with van der Waals surface area (Å²) >= 11 is 0. The fraction of sp³-hybridized carbons (Fsp3) is 0.381. The molecule has 0 unspecified atom stereocenters. The second-order valence-electron chi connectivity index (χ2n) is 7.22. The van der Waals surface area contributed by atoms with Crippen molar-refractivity contribution in [3.8, 4) is 0 Å². The maximum absolute atomic E-state index is 12.7. The minimum absolute atomic E-state index is 0.144. The van der Waals surface area contributed by atoms with Gasteiger partial charge in [-0.25, -0.2) is 8.42 Å². The minimum Gasteiger partial charge on any atom is -0.340 e. The Balaban J connectivity index is 2.24. The Bertz CT molecular complexity index is 890. The third kappa shape index (κ3) is 5.57. The Hall–Kier alpha value is -2.34. The molecule has 1 amide bonds. The number of para-hydroxylation sites is 1. The quantitative estimate of drug-likeness (QED) is 0.729. The topological polar surface area (TPSA) is 57.7 Å². The summed E-state index contributed by atoms with van der Waals surface area (Å²) in [5, 5.41) is 0. The molecule has 0 aromatic heterocycles. The number of benzene rings is 2. The Morgan fingerprint density at radius 3 is 2.19 bits per heavy atom. The molecule has 146 valence electrons. The van der Waals surface area contributed by atoms with Gasteiger partial charge in [-0.2, -0.15) is 0 Å². The van der Waals surface area contributed by atoms with E-state index in [0.29, 0.717) is 12.2 Å². The van der Waals surface area contributed by atoms with Crippen LogP contribution in [0.4, 0.5) is 5.69 Å². The number of sulfonamides is 1. The first kappa shape index (κ1) is 21.0. The van der Waals surface area contributed by atoms with Crippen molar-refractivity contribution in [2.75, 3.05) is 24.2 Å². The predicted molar refractivity (Wildman–Crippen MR) is 110 cm³/mol. The van der Waals surface area contributed by atoms with Crippen molar-refractivity contribution in [2.24, 2.45) is 0 Å². The summed E-state index contributed by atoms with van der Waals surface area (Å²) in [6.07, 6.45) is 1.14. The van der Waals surface area contributed by atoms with Crippen LogP contribution < -0.4 is 4.31 Å². The predicted octanol–water partition coefficient (Wildman–Crippen LogP) is 3.54. The Kier molecular flexibility index (Phi) is 6.65. The minimum atomic E-state index is -3.60. The lowest BCUT2D eigenvalue weighted by Crippen LogP contribution is -2.41. The molecule has 2 rings (SSSR count). The zero-order chi connectivity index (χ0) is 20.2. The number of hydrogen-bond acceptors (Lipinski definition) is 3. The fourth-order valence-corrected chi connectivity index (χ4v) is 3.75. The highest BCUT2D eigenvalue weighted by Gasteiger charge is 2.25. The van der Waals surface area contributed by atoms with Gasteiger partial charge in [-0.15, -0.1) is 0 Å². The van der Waals surface area contributed by atoms with E-state index < -0.39 is 10.0 Å². The van der Waals surface area contributed by atoms with Gasteiger partial charge in [0.05, 0.1) is 11.9 Å². The summed E-state index contributed by atoms with van der Waals surface area (Å²) in [7, 11) is -1.90. The number of amides is 1. The molecule has 0 spiro atoms. The van der Waals surface area contributed by atoms with Crippen molar-refractivity contribution < 1.29 is 13.2 Å². The van der Waals surface area contributed by atoms with Gasteiger partial charge in [-0.1, -0.05) is 61.9 Å². The van der Waals surface area contributed by atoms with Crippen molar-refractivity contribution >= 4 is 21.6 Å². The van der Waals surface area contributed by atoms with Crippen LogP contribution in [0.1, 0.15) is 36.5 Å². The number of likely N-dealkylation sites (N-methyl/N-ethyl adjacent to an activating group) is 1. The van der Waals surface area contributed by atoms with E-state index in [1.54, 1.807) is 24.1 Å². The third-order valence-corrected chi connectivity index (χ3v) is 5.60. The number of carbonyl (C=O) groups is 1. The number of carbonyl (C=O) groups excluding carboxylic acids is 1. The van der Waals surface area contributed by atoms with E-state index in [1.807, 2.05) is 57.2 Å².